The molecule has 0 unspecified atom stereocenters. The highest BCUT2D eigenvalue weighted by Crippen LogP contribution is 2.18. The van der Waals surface area contributed by atoms with E-state index in [2.05, 4.69) is 0 Å². The molecule has 0 atom stereocenters. The first-order valence-corrected chi connectivity index (χ1v) is 3.88. The molecule has 72 valence electrons. The molecule has 13 heavy (non-hydrogen) atoms. The lowest BCUT2D eigenvalue weighted by atomic mass is 10.4. The van der Waals surface area contributed by atoms with Gasteiger partial charge in [-0.3, -0.25) is 0 Å². The molecule has 0 saturated carbocycles. The Bertz CT molecular complexity index is 305. The van der Waals surface area contributed by atoms with Crippen LogP contribution in [0, 0.1) is 0 Å². The molecule has 7 heteroatoms. The van der Waals surface area contributed by atoms with Gasteiger partial charge in [0.05, 0.1) is 5.03 Å². The Kier molecular flexibility index (Phi) is 4.83. The smallest absolute Gasteiger partial charge is 0.348 e. The number of halogens is 3. The number of aliphatic carboxylic acids is 2. The molecule has 0 saturated heterocycles. The summed E-state index contributed by atoms with van der Waals surface area (Å²) in [6, 6.07) is 0. The lowest BCUT2D eigenvalue weighted by Crippen LogP contribution is -1.97. The quantitative estimate of drug-likeness (QED) is 0.589. The normalized spacial score (nSPS) is 13.6. The predicted octanol–water partition coefficient (Wildman–Crippen LogP) is 1.97. The van der Waals surface area contributed by atoms with Crippen molar-refractivity contribution in [2.24, 2.45) is 0 Å². The van der Waals surface area contributed by atoms with Gasteiger partial charge in [0, 0.05) is 0 Å². The predicted molar refractivity (Wildman–Crippen MR) is 47.9 cm³/mol. The molecule has 0 spiro atoms. The lowest BCUT2D eigenvalue weighted by molar-refractivity contribution is -0.133. The number of carbonyl (C=O) groups is 2. The van der Waals surface area contributed by atoms with Gasteiger partial charge >= 0.3 is 11.9 Å². The second kappa shape index (κ2) is 5.11. The number of hydrogen-bond donors (Lipinski definition) is 2. The Balaban J connectivity index is 4.92. The van der Waals surface area contributed by atoms with Crippen molar-refractivity contribution < 1.29 is 19.8 Å². The maximum absolute atomic E-state index is 10.2. The standard InChI is InChI=1S/C6H3Cl3O4/c7-2(4(9)6(12)13)1-3(8)5(10)11/h1H,(H,10,11)(H,12,13)/b3-1+,4-2-. The van der Waals surface area contributed by atoms with Crippen LogP contribution in [-0.4, -0.2) is 22.2 Å². The van der Waals surface area contributed by atoms with Crippen molar-refractivity contribution in [3.8, 4) is 0 Å². The van der Waals surface area contributed by atoms with E-state index in [-0.39, 0.29) is 0 Å². The van der Waals surface area contributed by atoms with Crippen LogP contribution in [0.1, 0.15) is 0 Å². The van der Waals surface area contributed by atoms with Gasteiger partial charge in [-0.25, -0.2) is 9.59 Å². The van der Waals surface area contributed by atoms with Crippen molar-refractivity contribution in [1.29, 1.82) is 0 Å². The lowest BCUT2D eigenvalue weighted by Gasteiger charge is -1.93. The van der Waals surface area contributed by atoms with E-state index in [1.807, 2.05) is 0 Å². The fraction of sp³-hybridized carbons (Fsp3) is 0. The number of carboxylic acids is 2. The minimum atomic E-state index is -1.46. The molecule has 4 nitrogen and oxygen atoms in total. The Hall–Kier alpha value is -0.710. The number of hydrogen-bond acceptors (Lipinski definition) is 2. The highest BCUT2D eigenvalue weighted by atomic mass is 35.5. The van der Waals surface area contributed by atoms with E-state index >= 15 is 0 Å². The van der Waals surface area contributed by atoms with Gasteiger partial charge in [-0.1, -0.05) is 34.8 Å². The summed E-state index contributed by atoms with van der Waals surface area (Å²) in [5.74, 6) is -2.88. The summed E-state index contributed by atoms with van der Waals surface area (Å²) in [7, 11) is 0. The molecule has 0 aromatic rings. The zero-order valence-electron chi connectivity index (χ0n) is 5.92. The molecule has 0 aromatic heterocycles. The molecule has 0 bridgehead atoms. The molecule has 0 radical (unpaired) electrons. The minimum absolute atomic E-state index is 0.443. The SMILES string of the molecule is O=C(O)/C(Cl)=C(Cl)\C=C(\Cl)C(=O)O. The summed E-state index contributed by atoms with van der Waals surface area (Å²) >= 11 is 15.6. The summed E-state index contributed by atoms with van der Waals surface area (Å²) in [6.45, 7) is 0. The van der Waals surface area contributed by atoms with Gasteiger partial charge in [0.15, 0.2) is 0 Å². The maximum atomic E-state index is 10.2. The van der Waals surface area contributed by atoms with Crippen molar-refractivity contribution >= 4 is 46.7 Å². The Morgan fingerprint density at radius 3 is 1.77 bits per heavy atom. The van der Waals surface area contributed by atoms with Gasteiger partial charge < -0.3 is 10.2 Å². The van der Waals surface area contributed by atoms with E-state index in [1.165, 1.54) is 0 Å². The summed E-state index contributed by atoms with van der Waals surface area (Å²) in [5, 5.41) is 14.8. The minimum Gasteiger partial charge on any atom is -0.477 e. The summed E-state index contributed by atoms with van der Waals surface area (Å²) in [5.41, 5.74) is 0. The van der Waals surface area contributed by atoms with Crippen LogP contribution in [0.3, 0.4) is 0 Å². The van der Waals surface area contributed by atoms with Gasteiger partial charge in [0.25, 0.3) is 0 Å². The highest BCUT2D eigenvalue weighted by Gasteiger charge is 2.10. The molecule has 0 amide bonds. The molecular formula is C6H3Cl3O4. The Morgan fingerprint density at radius 1 is 1.00 bits per heavy atom. The van der Waals surface area contributed by atoms with Crippen LogP contribution < -0.4 is 0 Å². The van der Waals surface area contributed by atoms with Gasteiger partial charge in [0.1, 0.15) is 10.1 Å². The van der Waals surface area contributed by atoms with Crippen molar-refractivity contribution in [2.75, 3.05) is 0 Å². The van der Waals surface area contributed by atoms with Crippen molar-refractivity contribution in [2.45, 2.75) is 0 Å². The molecule has 0 heterocycles. The monoisotopic (exact) mass is 244 g/mol. The second-order valence-electron chi connectivity index (χ2n) is 1.76. The molecular weight excluding hydrogens is 242 g/mol. The molecule has 0 aliphatic rings. The zero-order valence-corrected chi connectivity index (χ0v) is 8.19. The first kappa shape index (κ1) is 12.3. The van der Waals surface area contributed by atoms with Crippen LogP contribution >= 0.6 is 34.8 Å². The Labute approximate surface area is 88.0 Å². The largest absolute Gasteiger partial charge is 0.477 e. The van der Waals surface area contributed by atoms with Gasteiger partial charge in [0.2, 0.25) is 0 Å². The number of allylic oxidation sites excluding steroid dienone is 2. The molecule has 0 rings (SSSR count). The van der Waals surface area contributed by atoms with Crippen LogP contribution in [0.15, 0.2) is 21.2 Å². The topological polar surface area (TPSA) is 74.6 Å². The van der Waals surface area contributed by atoms with E-state index < -0.39 is 27.0 Å². The highest BCUT2D eigenvalue weighted by molar-refractivity contribution is 6.49. The molecule has 0 aromatic carbocycles. The van der Waals surface area contributed by atoms with E-state index in [0.29, 0.717) is 0 Å². The molecule has 0 fully saturated rings. The van der Waals surface area contributed by atoms with Crippen molar-refractivity contribution in [3.05, 3.63) is 21.2 Å². The third-order valence-electron chi connectivity index (χ3n) is 0.855. The average molecular weight is 245 g/mol. The number of carboxylic acid groups (broad SMARTS) is 2. The van der Waals surface area contributed by atoms with Crippen LogP contribution in [0.5, 0.6) is 0 Å². The van der Waals surface area contributed by atoms with E-state index in [9.17, 15) is 9.59 Å². The van der Waals surface area contributed by atoms with Crippen LogP contribution in [-0.2, 0) is 9.59 Å². The number of rotatable bonds is 3. The molecule has 0 aliphatic heterocycles. The fourth-order valence-electron chi connectivity index (χ4n) is 0.339. The van der Waals surface area contributed by atoms with Gasteiger partial charge in [-0.2, -0.15) is 0 Å². The van der Waals surface area contributed by atoms with E-state index in [4.69, 9.17) is 45.0 Å². The Morgan fingerprint density at radius 2 is 1.46 bits per heavy atom. The average Bonchev–Trinajstić information content (AvgIpc) is 2.02. The maximum Gasteiger partial charge on any atom is 0.348 e. The molecule has 0 aliphatic carbocycles. The van der Waals surface area contributed by atoms with E-state index in [0.717, 1.165) is 6.08 Å². The summed E-state index contributed by atoms with van der Waals surface area (Å²) < 4.78 is 0. The van der Waals surface area contributed by atoms with Gasteiger partial charge in [-0.05, 0) is 6.08 Å². The summed E-state index contributed by atoms with van der Waals surface area (Å²) in [6.07, 6.45) is 0.738. The first-order chi connectivity index (χ1) is 5.86. The van der Waals surface area contributed by atoms with Crippen molar-refractivity contribution in [1.82, 2.24) is 0 Å². The first-order valence-electron chi connectivity index (χ1n) is 2.75. The zero-order chi connectivity index (χ0) is 10.6. The van der Waals surface area contributed by atoms with Crippen LogP contribution in [0.2, 0.25) is 0 Å². The second-order valence-corrected chi connectivity index (χ2v) is 2.96. The van der Waals surface area contributed by atoms with Crippen LogP contribution in [0.4, 0.5) is 0 Å². The van der Waals surface area contributed by atoms with Crippen LogP contribution in [0.25, 0.3) is 0 Å². The fourth-order valence-corrected chi connectivity index (χ4v) is 0.748. The summed E-state index contributed by atoms with van der Waals surface area (Å²) in [4.78, 5) is 20.4. The van der Waals surface area contributed by atoms with E-state index in [1.54, 1.807) is 0 Å². The van der Waals surface area contributed by atoms with Gasteiger partial charge in [-0.15, -0.1) is 0 Å². The molecule has 2 N–H and O–H groups in total. The third kappa shape index (κ3) is 4.17. The third-order valence-corrected chi connectivity index (χ3v) is 1.89. The van der Waals surface area contributed by atoms with Crippen molar-refractivity contribution in [3.63, 3.8) is 0 Å².